The monoisotopic (exact) mass is 374 g/mol. The molecule has 2 aliphatic heterocycles. The van der Waals surface area contributed by atoms with Crippen molar-refractivity contribution in [1.29, 1.82) is 0 Å². The second-order valence-electron chi connectivity index (χ2n) is 6.83. The number of aryl methyl sites for hydroxylation is 1. The van der Waals surface area contributed by atoms with Crippen molar-refractivity contribution in [1.82, 2.24) is 19.8 Å². The maximum atomic E-state index is 13.7. The minimum atomic E-state index is -0.253. The highest BCUT2D eigenvalue weighted by molar-refractivity contribution is 7.99. The number of thioether (sulfide) groups is 1. The number of nitrogens with zero attached hydrogens (tertiary/aromatic N) is 3. The Bertz CT molecular complexity index is 772. The summed E-state index contributed by atoms with van der Waals surface area (Å²) in [4.78, 5) is 19.3. The lowest BCUT2D eigenvalue weighted by molar-refractivity contribution is 0.175. The summed E-state index contributed by atoms with van der Waals surface area (Å²) in [6.07, 6.45) is 6.01. The molecule has 5 nitrogen and oxygen atoms in total. The minimum Gasteiger partial charge on any atom is -0.332 e. The lowest BCUT2D eigenvalue weighted by Gasteiger charge is -2.30. The molecule has 0 saturated carbocycles. The molecule has 0 spiro atoms. The van der Waals surface area contributed by atoms with Gasteiger partial charge < -0.3 is 14.8 Å². The minimum absolute atomic E-state index is 0.0734. The second-order valence-corrected chi connectivity index (χ2v) is 7.89. The summed E-state index contributed by atoms with van der Waals surface area (Å²) in [7, 11) is 0. The molecule has 1 aromatic heterocycles. The summed E-state index contributed by atoms with van der Waals surface area (Å²) in [5.74, 6) is 0.815. The van der Waals surface area contributed by atoms with Crippen molar-refractivity contribution >= 4 is 17.8 Å². The fourth-order valence-corrected chi connectivity index (χ4v) is 4.69. The van der Waals surface area contributed by atoms with Crippen LogP contribution in [-0.2, 0) is 13.1 Å². The average Bonchev–Trinajstić information content (AvgIpc) is 3.12. The number of imidazole rings is 1. The van der Waals surface area contributed by atoms with E-state index in [0.29, 0.717) is 13.1 Å². The van der Waals surface area contributed by atoms with Gasteiger partial charge in [-0.05, 0) is 30.5 Å². The Kier molecular flexibility index (Phi) is 5.15. The first kappa shape index (κ1) is 17.4. The number of aromatic nitrogens is 2. The molecule has 2 amide bonds. The van der Waals surface area contributed by atoms with Gasteiger partial charge in [-0.3, -0.25) is 0 Å². The van der Waals surface area contributed by atoms with Crippen LogP contribution in [0.2, 0.25) is 0 Å². The standard InChI is InChI=1S/C19H23FN4OS/c20-15-6-4-5-14(11-15)17-7-2-1-3-8-24(17)18(25)21-12-16-13-23-9-10-26-19(23)22-16/h4-6,11,13,17H,1-3,7-10,12H2,(H,21,25). The number of benzene rings is 1. The van der Waals surface area contributed by atoms with Crippen LogP contribution >= 0.6 is 11.8 Å². The Morgan fingerprint density at radius 2 is 2.23 bits per heavy atom. The molecule has 1 N–H and O–H groups in total. The topological polar surface area (TPSA) is 50.2 Å². The van der Waals surface area contributed by atoms with Crippen LogP contribution in [0.25, 0.3) is 0 Å². The maximum Gasteiger partial charge on any atom is 0.318 e. The van der Waals surface area contributed by atoms with Gasteiger partial charge in [0.2, 0.25) is 0 Å². The SMILES string of the molecule is O=C(NCc1cn2c(n1)SCC2)N1CCCCCC1c1cccc(F)c1. The van der Waals surface area contributed by atoms with Crippen molar-refractivity contribution < 1.29 is 9.18 Å². The normalized spacial score (nSPS) is 19.9. The third kappa shape index (κ3) is 3.72. The number of nitrogens with one attached hydrogen (secondary N) is 1. The highest BCUT2D eigenvalue weighted by Gasteiger charge is 2.27. The molecule has 1 fully saturated rings. The number of halogens is 1. The van der Waals surface area contributed by atoms with E-state index in [1.165, 1.54) is 6.07 Å². The van der Waals surface area contributed by atoms with Crippen LogP contribution in [0.15, 0.2) is 35.6 Å². The molecule has 1 saturated heterocycles. The van der Waals surface area contributed by atoms with E-state index in [-0.39, 0.29) is 17.9 Å². The molecule has 0 bridgehead atoms. The summed E-state index contributed by atoms with van der Waals surface area (Å²) in [5, 5.41) is 4.04. The molecule has 2 aliphatic rings. The smallest absolute Gasteiger partial charge is 0.318 e. The van der Waals surface area contributed by atoms with E-state index >= 15 is 0 Å². The third-order valence-corrected chi connectivity index (χ3v) is 5.99. The Balaban J connectivity index is 1.46. The Morgan fingerprint density at radius 3 is 3.08 bits per heavy atom. The largest absolute Gasteiger partial charge is 0.332 e. The second kappa shape index (κ2) is 7.70. The molecule has 26 heavy (non-hydrogen) atoms. The van der Waals surface area contributed by atoms with E-state index in [0.717, 1.165) is 54.4 Å². The van der Waals surface area contributed by atoms with Gasteiger partial charge in [0, 0.05) is 25.0 Å². The summed E-state index contributed by atoms with van der Waals surface area (Å²) >= 11 is 1.75. The summed E-state index contributed by atoms with van der Waals surface area (Å²) < 4.78 is 15.8. The van der Waals surface area contributed by atoms with E-state index in [1.54, 1.807) is 23.9 Å². The van der Waals surface area contributed by atoms with Gasteiger partial charge in [-0.25, -0.2) is 14.2 Å². The van der Waals surface area contributed by atoms with Crippen molar-refractivity contribution in [2.75, 3.05) is 12.3 Å². The van der Waals surface area contributed by atoms with E-state index in [1.807, 2.05) is 17.2 Å². The summed E-state index contributed by atoms with van der Waals surface area (Å²) in [6, 6.07) is 6.46. The molecule has 0 aliphatic carbocycles. The van der Waals surface area contributed by atoms with Crippen LogP contribution in [0.4, 0.5) is 9.18 Å². The molecule has 1 atom stereocenters. The highest BCUT2D eigenvalue weighted by Crippen LogP contribution is 2.30. The summed E-state index contributed by atoms with van der Waals surface area (Å²) in [6.45, 7) is 2.10. The third-order valence-electron chi connectivity index (χ3n) is 5.02. The van der Waals surface area contributed by atoms with Crippen LogP contribution in [0.5, 0.6) is 0 Å². The molecule has 3 heterocycles. The molecule has 4 rings (SSSR count). The number of urea groups is 1. The number of carbonyl (C=O) groups excluding carboxylic acids is 1. The van der Waals surface area contributed by atoms with Gasteiger partial charge in [0.25, 0.3) is 0 Å². The Labute approximate surface area is 157 Å². The van der Waals surface area contributed by atoms with Crippen LogP contribution in [-0.4, -0.2) is 32.8 Å². The van der Waals surface area contributed by atoms with Crippen LogP contribution < -0.4 is 5.32 Å². The van der Waals surface area contributed by atoms with E-state index < -0.39 is 0 Å². The lowest BCUT2D eigenvalue weighted by Crippen LogP contribution is -2.42. The molecular weight excluding hydrogens is 351 g/mol. The average molecular weight is 374 g/mol. The Hall–Kier alpha value is -2.02. The zero-order valence-corrected chi connectivity index (χ0v) is 15.5. The molecule has 1 unspecified atom stereocenters. The highest BCUT2D eigenvalue weighted by atomic mass is 32.2. The maximum absolute atomic E-state index is 13.7. The van der Waals surface area contributed by atoms with Gasteiger partial charge in [-0.2, -0.15) is 0 Å². The van der Waals surface area contributed by atoms with Crippen LogP contribution in [0.3, 0.4) is 0 Å². The number of fused-ring (bicyclic) bond motifs is 1. The molecule has 7 heteroatoms. The van der Waals surface area contributed by atoms with Gasteiger partial charge in [0.15, 0.2) is 5.16 Å². The zero-order valence-electron chi connectivity index (χ0n) is 14.7. The van der Waals surface area contributed by atoms with E-state index in [4.69, 9.17) is 0 Å². The van der Waals surface area contributed by atoms with Gasteiger partial charge in [-0.15, -0.1) is 0 Å². The van der Waals surface area contributed by atoms with Crippen molar-refractivity contribution in [3.05, 3.63) is 47.5 Å². The van der Waals surface area contributed by atoms with Gasteiger partial charge >= 0.3 is 6.03 Å². The number of likely N-dealkylation sites (tertiary alicyclic amines) is 1. The van der Waals surface area contributed by atoms with Crippen molar-refractivity contribution in [3.63, 3.8) is 0 Å². The van der Waals surface area contributed by atoms with Gasteiger partial charge in [0.1, 0.15) is 5.82 Å². The predicted octanol–water partition coefficient (Wildman–Crippen LogP) is 3.95. The van der Waals surface area contributed by atoms with Gasteiger partial charge in [-0.1, -0.05) is 36.7 Å². The van der Waals surface area contributed by atoms with Crippen molar-refractivity contribution in [2.45, 2.75) is 50.0 Å². The van der Waals surface area contributed by atoms with Crippen LogP contribution in [0.1, 0.15) is 43.0 Å². The molecule has 1 aromatic carbocycles. The first-order chi connectivity index (χ1) is 12.7. The van der Waals surface area contributed by atoms with E-state index in [2.05, 4.69) is 14.9 Å². The molecular formula is C19H23FN4OS. The fourth-order valence-electron chi connectivity index (χ4n) is 3.73. The lowest BCUT2D eigenvalue weighted by atomic mass is 10.0. The first-order valence-electron chi connectivity index (χ1n) is 9.19. The quantitative estimate of drug-likeness (QED) is 0.885. The Morgan fingerprint density at radius 1 is 1.31 bits per heavy atom. The summed E-state index contributed by atoms with van der Waals surface area (Å²) in [5.41, 5.74) is 1.76. The number of hydrogen-bond acceptors (Lipinski definition) is 3. The number of amides is 2. The zero-order chi connectivity index (χ0) is 17.9. The van der Waals surface area contributed by atoms with E-state index in [9.17, 15) is 9.18 Å². The molecule has 0 radical (unpaired) electrons. The predicted molar refractivity (Wildman–Crippen MR) is 99.5 cm³/mol. The fraction of sp³-hybridized carbons (Fsp3) is 0.474. The number of carbonyl (C=O) groups is 1. The molecule has 2 aromatic rings. The number of rotatable bonds is 3. The van der Waals surface area contributed by atoms with Crippen LogP contribution in [0, 0.1) is 5.82 Å². The van der Waals surface area contributed by atoms with Crippen molar-refractivity contribution in [3.8, 4) is 0 Å². The molecule has 138 valence electrons. The number of hydrogen-bond donors (Lipinski definition) is 1. The van der Waals surface area contributed by atoms with Crippen molar-refractivity contribution in [2.24, 2.45) is 0 Å². The first-order valence-corrected chi connectivity index (χ1v) is 10.2. The van der Waals surface area contributed by atoms with Gasteiger partial charge in [0.05, 0.1) is 18.3 Å².